The van der Waals surface area contributed by atoms with Crippen molar-refractivity contribution < 1.29 is 0 Å². The quantitative estimate of drug-likeness (QED) is 0.854. The molecule has 2 aromatic heterocycles. The molecule has 0 bridgehead atoms. The van der Waals surface area contributed by atoms with Crippen LogP contribution in [0.25, 0.3) is 0 Å². The molecule has 6 heteroatoms. The number of aromatic amines is 1. The van der Waals surface area contributed by atoms with Gasteiger partial charge in [-0.15, -0.1) is 0 Å². The first-order chi connectivity index (χ1) is 9.42. The smallest absolute Gasteiger partial charge is 0.225 e. The lowest BCUT2D eigenvalue weighted by Gasteiger charge is -2.33. The number of nitrogens with one attached hydrogen (secondary N) is 2. The molecule has 0 amide bonds. The van der Waals surface area contributed by atoms with E-state index in [0.717, 1.165) is 31.3 Å². The van der Waals surface area contributed by atoms with E-state index in [1.807, 2.05) is 12.3 Å². The van der Waals surface area contributed by atoms with Gasteiger partial charge in [0.05, 0.1) is 6.33 Å². The normalized spacial score (nSPS) is 19.6. The molecule has 0 saturated carbocycles. The Bertz CT molecular complexity index is 483. The third-order valence-electron chi connectivity index (χ3n) is 3.39. The molecule has 1 aliphatic rings. The summed E-state index contributed by atoms with van der Waals surface area (Å²) < 4.78 is 0. The second-order valence-corrected chi connectivity index (χ2v) is 4.79. The number of hydrogen-bond donors (Lipinski definition) is 2. The number of hydrogen-bond acceptors (Lipinski definition) is 5. The van der Waals surface area contributed by atoms with Crippen LogP contribution in [0.15, 0.2) is 31.0 Å². The Labute approximate surface area is 112 Å². The van der Waals surface area contributed by atoms with Crippen LogP contribution in [0.5, 0.6) is 0 Å². The molecule has 1 unspecified atom stereocenters. The maximum atomic E-state index is 4.32. The minimum Gasteiger partial charge on any atom is -0.347 e. The zero-order valence-corrected chi connectivity index (χ0v) is 10.8. The Balaban J connectivity index is 1.56. The van der Waals surface area contributed by atoms with Gasteiger partial charge in [0, 0.05) is 50.0 Å². The van der Waals surface area contributed by atoms with Crippen LogP contribution in [-0.4, -0.2) is 39.1 Å². The molecule has 6 nitrogen and oxygen atoms in total. The lowest BCUT2D eigenvalue weighted by Crippen LogP contribution is -2.46. The van der Waals surface area contributed by atoms with Crippen molar-refractivity contribution in [2.75, 3.05) is 18.0 Å². The van der Waals surface area contributed by atoms with Gasteiger partial charge in [-0.2, -0.15) is 0 Å². The molecule has 1 atom stereocenters. The monoisotopic (exact) mass is 258 g/mol. The minimum atomic E-state index is 0.473. The van der Waals surface area contributed by atoms with Gasteiger partial charge in [-0.05, 0) is 18.9 Å². The van der Waals surface area contributed by atoms with Gasteiger partial charge >= 0.3 is 0 Å². The molecule has 1 aliphatic heterocycles. The molecular formula is C13H18N6. The van der Waals surface area contributed by atoms with E-state index in [-0.39, 0.29) is 0 Å². The molecule has 19 heavy (non-hydrogen) atoms. The summed E-state index contributed by atoms with van der Waals surface area (Å²) in [5.41, 5.74) is 1.12. The van der Waals surface area contributed by atoms with E-state index in [1.54, 1.807) is 18.7 Å². The first-order valence-electron chi connectivity index (χ1n) is 6.64. The van der Waals surface area contributed by atoms with E-state index >= 15 is 0 Å². The standard InChI is InChI=1S/C13H18N6/c1-3-11(17-8-12-7-14-10-18-12)9-19(6-1)13-15-4-2-5-16-13/h2,4-5,7,10-11,17H,1,3,6,8-9H2,(H,14,18). The predicted molar refractivity (Wildman–Crippen MR) is 72.7 cm³/mol. The molecule has 100 valence electrons. The van der Waals surface area contributed by atoms with Crippen LogP contribution in [0, 0.1) is 0 Å². The molecule has 3 heterocycles. The van der Waals surface area contributed by atoms with E-state index in [9.17, 15) is 0 Å². The Hall–Kier alpha value is -1.95. The molecule has 0 aliphatic carbocycles. The second kappa shape index (κ2) is 5.79. The number of rotatable bonds is 4. The molecule has 1 saturated heterocycles. The summed E-state index contributed by atoms with van der Waals surface area (Å²) in [4.78, 5) is 18.0. The summed E-state index contributed by atoms with van der Waals surface area (Å²) in [5.74, 6) is 0.829. The first-order valence-corrected chi connectivity index (χ1v) is 6.64. The molecule has 0 radical (unpaired) electrons. The van der Waals surface area contributed by atoms with E-state index in [1.165, 1.54) is 12.8 Å². The average molecular weight is 258 g/mol. The van der Waals surface area contributed by atoms with Crippen molar-refractivity contribution in [3.05, 3.63) is 36.7 Å². The first kappa shape index (κ1) is 12.1. The van der Waals surface area contributed by atoms with Gasteiger partial charge in [0.1, 0.15) is 0 Å². The predicted octanol–water partition coefficient (Wildman–Crippen LogP) is 0.958. The van der Waals surface area contributed by atoms with Crippen LogP contribution < -0.4 is 10.2 Å². The zero-order chi connectivity index (χ0) is 12.9. The Morgan fingerprint density at radius 2 is 2.26 bits per heavy atom. The summed E-state index contributed by atoms with van der Waals surface area (Å²) in [6, 6.07) is 2.32. The van der Waals surface area contributed by atoms with Crippen molar-refractivity contribution >= 4 is 5.95 Å². The minimum absolute atomic E-state index is 0.473. The van der Waals surface area contributed by atoms with E-state index in [2.05, 4.69) is 30.2 Å². The molecule has 2 N–H and O–H groups in total. The highest BCUT2D eigenvalue weighted by molar-refractivity contribution is 5.29. The van der Waals surface area contributed by atoms with Crippen molar-refractivity contribution in [1.82, 2.24) is 25.3 Å². The van der Waals surface area contributed by atoms with Crippen LogP contribution in [-0.2, 0) is 6.54 Å². The summed E-state index contributed by atoms with van der Waals surface area (Å²) in [5, 5.41) is 3.56. The largest absolute Gasteiger partial charge is 0.347 e. The lowest BCUT2D eigenvalue weighted by atomic mass is 10.1. The van der Waals surface area contributed by atoms with Crippen LogP contribution in [0.2, 0.25) is 0 Å². The topological polar surface area (TPSA) is 69.7 Å². The van der Waals surface area contributed by atoms with Crippen molar-refractivity contribution in [2.45, 2.75) is 25.4 Å². The van der Waals surface area contributed by atoms with Gasteiger partial charge in [-0.25, -0.2) is 15.0 Å². The van der Waals surface area contributed by atoms with Crippen LogP contribution in [0.3, 0.4) is 0 Å². The highest BCUT2D eigenvalue weighted by Gasteiger charge is 2.21. The van der Waals surface area contributed by atoms with Gasteiger partial charge in [-0.1, -0.05) is 0 Å². The highest BCUT2D eigenvalue weighted by atomic mass is 15.3. The van der Waals surface area contributed by atoms with E-state index in [0.29, 0.717) is 6.04 Å². The third-order valence-corrected chi connectivity index (χ3v) is 3.39. The number of aromatic nitrogens is 4. The lowest BCUT2D eigenvalue weighted by molar-refractivity contribution is 0.416. The van der Waals surface area contributed by atoms with Gasteiger partial charge in [0.2, 0.25) is 5.95 Å². The summed E-state index contributed by atoms with van der Waals surface area (Å²) in [7, 11) is 0. The van der Waals surface area contributed by atoms with Crippen LogP contribution >= 0.6 is 0 Å². The summed E-state index contributed by atoms with van der Waals surface area (Å²) in [6.45, 7) is 2.82. The summed E-state index contributed by atoms with van der Waals surface area (Å²) in [6.07, 6.45) is 9.51. The number of nitrogens with zero attached hydrogens (tertiary/aromatic N) is 4. The van der Waals surface area contributed by atoms with Crippen LogP contribution in [0.1, 0.15) is 18.5 Å². The molecular weight excluding hydrogens is 240 g/mol. The molecule has 2 aromatic rings. The molecule has 3 rings (SSSR count). The Kier molecular flexibility index (Phi) is 3.69. The number of anilines is 1. The van der Waals surface area contributed by atoms with Crippen molar-refractivity contribution in [3.8, 4) is 0 Å². The van der Waals surface area contributed by atoms with Gasteiger partial charge in [0.15, 0.2) is 0 Å². The molecule has 1 fully saturated rings. The van der Waals surface area contributed by atoms with Crippen molar-refractivity contribution in [1.29, 1.82) is 0 Å². The van der Waals surface area contributed by atoms with Crippen molar-refractivity contribution in [3.63, 3.8) is 0 Å². The van der Waals surface area contributed by atoms with Gasteiger partial charge in [0.25, 0.3) is 0 Å². The number of imidazole rings is 1. The highest BCUT2D eigenvalue weighted by Crippen LogP contribution is 2.15. The van der Waals surface area contributed by atoms with Crippen LogP contribution in [0.4, 0.5) is 5.95 Å². The molecule has 0 spiro atoms. The van der Waals surface area contributed by atoms with E-state index < -0.39 is 0 Å². The van der Waals surface area contributed by atoms with Gasteiger partial charge in [-0.3, -0.25) is 0 Å². The number of piperidine rings is 1. The average Bonchev–Trinajstić information content (AvgIpc) is 3.00. The fourth-order valence-electron chi connectivity index (χ4n) is 2.42. The maximum Gasteiger partial charge on any atom is 0.225 e. The maximum absolute atomic E-state index is 4.32. The fourth-order valence-corrected chi connectivity index (χ4v) is 2.42. The summed E-state index contributed by atoms with van der Waals surface area (Å²) >= 11 is 0. The van der Waals surface area contributed by atoms with Gasteiger partial charge < -0.3 is 15.2 Å². The molecule has 0 aromatic carbocycles. The van der Waals surface area contributed by atoms with E-state index in [4.69, 9.17) is 0 Å². The second-order valence-electron chi connectivity index (χ2n) is 4.79. The Morgan fingerprint density at radius 3 is 3.05 bits per heavy atom. The fraction of sp³-hybridized carbons (Fsp3) is 0.462. The van der Waals surface area contributed by atoms with Crippen molar-refractivity contribution in [2.24, 2.45) is 0 Å². The number of H-pyrrole nitrogens is 1. The zero-order valence-electron chi connectivity index (χ0n) is 10.8. The Morgan fingerprint density at radius 1 is 1.37 bits per heavy atom. The SMILES string of the molecule is c1cnc(N2CCCC(NCc3cnc[nH]3)C2)nc1. The third kappa shape index (κ3) is 3.08.